The van der Waals surface area contributed by atoms with E-state index < -0.39 is 6.10 Å². The molecule has 4 N–H and O–H groups in total. The number of anilines is 1. The first-order chi connectivity index (χ1) is 18.4. The summed E-state index contributed by atoms with van der Waals surface area (Å²) in [4.78, 5) is 31.1. The van der Waals surface area contributed by atoms with Gasteiger partial charge in [0.25, 0.3) is 5.91 Å². The summed E-state index contributed by atoms with van der Waals surface area (Å²) in [5.41, 5.74) is 1.30. The van der Waals surface area contributed by atoms with Crippen molar-refractivity contribution in [2.75, 3.05) is 45.2 Å². The van der Waals surface area contributed by atoms with Crippen molar-refractivity contribution in [3.63, 3.8) is 0 Å². The zero-order chi connectivity index (χ0) is 27.1. The summed E-state index contributed by atoms with van der Waals surface area (Å²) in [5, 5.41) is 19.3. The van der Waals surface area contributed by atoms with Gasteiger partial charge >= 0.3 is 6.03 Å². The third-order valence-corrected chi connectivity index (χ3v) is 6.44. The zero-order valence-corrected chi connectivity index (χ0v) is 22.2. The fourth-order valence-electron chi connectivity index (χ4n) is 4.29. The van der Waals surface area contributed by atoms with E-state index in [1.807, 2.05) is 6.92 Å². The molecule has 38 heavy (non-hydrogen) atoms. The van der Waals surface area contributed by atoms with Gasteiger partial charge in [-0.15, -0.1) is 0 Å². The van der Waals surface area contributed by atoms with Gasteiger partial charge in [0.1, 0.15) is 30.0 Å². The monoisotopic (exact) mass is 541 g/mol. The van der Waals surface area contributed by atoms with Crippen molar-refractivity contribution in [1.82, 2.24) is 20.5 Å². The Kier molecular flexibility index (Phi) is 9.22. The number of rotatable bonds is 10. The minimum atomic E-state index is -0.681. The van der Waals surface area contributed by atoms with E-state index in [1.54, 1.807) is 42.6 Å². The third kappa shape index (κ3) is 6.83. The Morgan fingerprint density at radius 3 is 2.66 bits per heavy atom. The molecule has 0 spiro atoms. The fourth-order valence-corrected chi connectivity index (χ4v) is 4.50. The molecule has 1 fully saturated rings. The van der Waals surface area contributed by atoms with E-state index in [4.69, 9.17) is 21.1 Å². The number of ether oxygens (including phenoxy) is 2. The van der Waals surface area contributed by atoms with Crippen molar-refractivity contribution in [3.8, 4) is 17.2 Å². The lowest BCUT2D eigenvalue weighted by Gasteiger charge is -2.20. The summed E-state index contributed by atoms with van der Waals surface area (Å²) < 4.78 is 12.0. The Hall–Kier alpha value is -3.60. The molecule has 10 nitrogen and oxygen atoms in total. The summed E-state index contributed by atoms with van der Waals surface area (Å²) in [6.07, 6.45) is 3.19. The average molecular weight is 542 g/mol. The number of carbonyl (C=O) groups is 2. The van der Waals surface area contributed by atoms with Crippen LogP contribution in [0.3, 0.4) is 0 Å². The van der Waals surface area contributed by atoms with Gasteiger partial charge in [-0.3, -0.25) is 9.78 Å². The summed E-state index contributed by atoms with van der Waals surface area (Å²) in [7, 11) is 1.54. The smallest absolute Gasteiger partial charge is 0.319 e. The van der Waals surface area contributed by atoms with Gasteiger partial charge in [-0.1, -0.05) is 11.6 Å². The number of aromatic nitrogens is 1. The van der Waals surface area contributed by atoms with Crippen LogP contribution in [-0.2, 0) is 0 Å². The van der Waals surface area contributed by atoms with Crippen molar-refractivity contribution in [3.05, 3.63) is 53.2 Å². The Morgan fingerprint density at radius 2 is 1.95 bits per heavy atom. The van der Waals surface area contributed by atoms with Crippen LogP contribution in [0.15, 0.2) is 42.6 Å². The number of β-amino-alcohol motifs (C(OH)–C–C–N with tert-alkyl or cyclic N) is 1. The number of nitrogens with one attached hydrogen (secondary N) is 3. The molecule has 1 aromatic heterocycles. The van der Waals surface area contributed by atoms with E-state index in [2.05, 4.69) is 25.8 Å². The maximum atomic E-state index is 12.7. The van der Waals surface area contributed by atoms with Crippen LogP contribution in [-0.4, -0.2) is 72.9 Å². The van der Waals surface area contributed by atoms with E-state index in [-0.39, 0.29) is 18.5 Å². The first-order valence-corrected chi connectivity index (χ1v) is 13.0. The topological polar surface area (TPSA) is 125 Å². The van der Waals surface area contributed by atoms with Crippen LogP contribution >= 0.6 is 11.6 Å². The van der Waals surface area contributed by atoms with Crippen LogP contribution < -0.4 is 25.4 Å². The van der Waals surface area contributed by atoms with Crippen LogP contribution in [0.5, 0.6) is 17.2 Å². The molecule has 11 heteroatoms. The highest BCUT2D eigenvalue weighted by Gasteiger charge is 2.20. The molecule has 1 saturated heterocycles. The van der Waals surface area contributed by atoms with Gasteiger partial charge in [-0.05, 0) is 57.1 Å². The van der Waals surface area contributed by atoms with Crippen molar-refractivity contribution in [1.29, 1.82) is 0 Å². The fraction of sp³-hybridized carbons (Fsp3) is 0.370. The van der Waals surface area contributed by atoms with Crippen LogP contribution in [0, 0.1) is 0 Å². The lowest BCUT2D eigenvalue weighted by atomic mass is 10.1. The molecule has 0 radical (unpaired) electrons. The van der Waals surface area contributed by atoms with Gasteiger partial charge in [0.2, 0.25) is 0 Å². The largest absolute Gasteiger partial charge is 0.490 e. The molecular weight excluding hydrogens is 510 g/mol. The summed E-state index contributed by atoms with van der Waals surface area (Å²) >= 11 is 6.35. The van der Waals surface area contributed by atoms with Gasteiger partial charge in [0.05, 0.1) is 21.8 Å². The number of halogens is 1. The van der Waals surface area contributed by atoms with Gasteiger partial charge in [0, 0.05) is 43.9 Å². The number of aliphatic hydroxyl groups excluding tert-OH is 1. The number of benzene rings is 2. The number of aliphatic hydroxyl groups is 1. The zero-order valence-electron chi connectivity index (χ0n) is 21.4. The molecule has 202 valence electrons. The quantitative estimate of drug-likeness (QED) is 0.305. The molecule has 2 heterocycles. The molecule has 0 aliphatic carbocycles. The van der Waals surface area contributed by atoms with Gasteiger partial charge < -0.3 is 35.4 Å². The molecule has 0 saturated carbocycles. The van der Waals surface area contributed by atoms with Gasteiger partial charge in [0.15, 0.2) is 0 Å². The number of hydrogen-bond acceptors (Lipinski definition) is 7. The standard InChI is InChI=1S/C27H32ClN5O5/c1-3-30-27(36)32-22-7-6-18(12-21(22)28)38-24-8-9-31-23-14-25(20(13-19(23)24)26(35)29-2)37-16-17(34)15-33-10-4-5-11-33/h6-9,12-14,17,34H,3-5,10-11,15-16H2,1-2H3,(H,29,35)(H2,30,32,36)/t17-/m0/s1. The van der Waals surface area contributed by atoms with E-state index in [9.17, 15) is 14.7 Å². The lowest BCUT2D eigenvalue weighted by Crippen LogP contribution is -2.34. The number of likely N-dealkylation sites (tertiary alicyclic amines) is 1. The molecule has 1 aliphatic rings. The summed E-state index contributed by atoms with van der Waals surface area (Å²) in [6.45, 7) is 4.84. The highest BCUT2D eigenvalue weighted by molar-refractivity contribution is 6.33. The SMILES string of the molecule is CCNC(=O)Nc1ccc(Oc2ccnc3cc(OC[C@@H](O)CN4CCCC4)c(C(=O)NC)cc23)cc1Cl. The third-order valence-electron chi connectivity index (χ3n) is 6.13. The second kappa shape index (κ2) is 12.8. The molecule has 1 atom stereocenters. The average Bonchev–Trinajstić information content (AvgIpc) is 3.41. The number of amides is 3. The van der Waals surface area contributed by atoms with E-state index >= 15 is 0 Å². The van der Waals surface area contributed by atoms with Crippen LogP contribution in [0.4, 0.5) is 10.5 Å². The predicted molar refractivity (Wildman–Crippen MR) is 147 cm³/mol. The molecule has 1 aliphatic heterocycles. The van der Waals surface area contributed by atoms with E-state index in [0.717, 1.165) is 25.9 Å². The highest BCUT2D eigenvalue weighted by atomic mass is 35.5. The second-order valence-electron chi connectivity index (χ2n) is 8.95. The molecule has 3 aromatic rings. The maximum Gasteiger partial charge on any atom is 0.319 e. The number of urea groups is 1. The Labute approximate surface area is 226 Å². The van der Waals surface area contributed by atoms with E-state index in [1.165, 1.54) is 7.05 Å². The molecule has 3 amide bonds. The number of hydrogen-bond donors (Lipinski definition) is 4. The minimum absolute atomic E-state index is 0.0529. The first-order valence-electron chi connectivity index (χ1n) is 12.6. The Bertz CT molecular complexity index is 1300. The summed E-state index contributed by atoms with van der Waals surface area (Å²) in [6, 6.07) is 9.57. The number of pyridine rings is 1. The van der Waals surface area contributed by atoms with Gasteiger partial charge in [-0.2, -0.15) is 0 Å². The Morgan fingerprint density at radius 1 is 1.16 bits per heavy atom. The normalized spacial score (nSPS) is 14.2. The molecule has 4 rings (SSSR count). The van der Waals surface area contributed by atoms with Crippen molar-refractivity contribution < 1.29 is 24.2 Å². The molecule has 0 unspecified atom stereocenters. The highest BCUT2D eigenvalue weighted by Crippen LogP contribution is 2.35. The first kappa shape index (κ1) is 27.4. The Balaban J connectivity index is 1.56. The van der Waals surface area contributed by atoms with Crippen molar-refractivity contribution >= 4 is 40.1 Å². The lowest BCUT2D eigenvalue weighted by molar-refractivity contribution is 0.0746. The summed E-state index contributed by atoms with van der Waals surface area (Å²) in [5.74, 6) is 0.887. The number of fused-ring (bicyclic) bond motifs is 1. The number of carbonyl (C=O) groups excluding carboxylic acids is 2. The minimum Gasteiger partial charge on any atom is -0.490 e. The molecule has 2 aromatic carbocycles. The van der Waals surface area contributed by atoms with Crippen LogP contribution in [0.2, 0.25) is 5.02 Å². The van der Waals surface area contributed by atoms with Crippen molar-refractivity contribution in [2.45, 2.75) is 25.9 Å². The van der Waals surface area contributed by atoms with Crippen molar-refractivity contribution in [2.24, 2.45) is 0 Å². The van der Waals surface area contributed by atoms with Crippen LogP contribution in [0.25, 0.3) is 10.9 Å². The predicted octanol–water partition coefficient (Wildman–Crippen LogP) is 4.02. The molecular formula is C27H32ClN5O5. The van der Waals surface area contributed by atoms with Crippen LogP contribution in [0.1, 0.15) is 30.1 Å². The van der Waals surface area contributed by atoms with E-state index in [0.29, 0.717) is 57.5 Å². The molecule has 0 bridgehead atoms. The number of nitrogens with zero attached hydrogens (tertiary/aromatic N) is 2. The van der Waals surface area contributed by atoms with Gasteiger partial charge in [-0.25, -0.2) is 4.79 Å². The maximum absolute atomic E-state index is 12.7. The second-order valence-corrected chi connectivity index (χ2v) is 9.36.